The predicted molar refractivity (Wildman–Crippen MR) is 135 cm³/mol. The van der Waals surface area contributed by atoms with Crippen LogP contribution in [0.3, 0.4) is 0 Å². The summed E-state index contributed by atoms with van der Waals surface area (Å²) in [5.74, 6) is 1.13. The molecule has 0 saturated carbocycles. The summed E-state index contributed by atoms with van der Waals surface area (Å²) in [6.07, 6.45) is 5.42. The van der Waals surface area contributed by atoms with E-state index >= 15 is 0 Å². The number of hydrogen-bond acceptors (Lipinski definition) is 6. The number of amides is 3. The highest BCUT2D eigenvalue weighted by Gasteiger charge is 2.52. The van der Waals surface area contributed by atoms with Crippen molar-refractivity contribution < 1.29 is 23.5 Å². The van der Waals surface area contributed by atoms with Gasteiger partial charge in [0.15, 0.2) is 5.75 Å². The minimum atomic E-state index is -0.755. The maximum Gasteiger partial charge on any atom is 0.256 e. The van der Waals surface area contributed by atoms with E-state index in [1.165, 1.54) is 0 Å². The SMILES string of the molecule is CNC(=O)c1c(C)oc2cc(Oc3ccnn4cc(C(=O)N5CCCC56CCNC6=O)c(C)c34)ccc12. The number of ether oxygens (including phenoxy) is 1. The van der Waals surface area contributed by atoms with Crippen molar-refractivity contribution in [1.82, 2.24) is 25.1 Å². The second-order valence-electron chi connectivity index (χ2n) is 9.63. The molecule has 1 aromatic carbocycles. The highest BCUT2D eigenvalue weighted by molar-refractivity contribution is 6.07. The molecule has 3 aromatic heterocycles. The van der Waals surface area contributed by atoms with E-state index < -0.39 is 5.54 Å². The molecule has 190 valence electrons. The Kier molecular flexibility index (Phi) is 5.22. The van der Waals surface area contributed by atoms with Crippen LogP contribution in [0, 0.1) is 13.8 Å². The lowest BCUT2D eigenvalue weighted by Gasteiger charge is -2.32. The van der Waals surface area contributed by atoms with Crippen LogP contribution in [0.1, 0.15) is 51.3 Å². The fraction of sp³-hybridized carbons (Fsp3) is 0.333. The van der Waals surface area contributed by atoms with Crippen LogP contribution < -0.4 is 15.4 Å². The summed E-state index contributed by atoms with van der Waals surface area (Å²) in [5, 5.41) is 10.6. The number of rotatable bonds is 4. The average molecular weight is 502 g/mol. The monoisotopic (exact) mass is 501 g/mol. The summed E-state index contributed by atoms with van der Waals surface area (Å²) < 4.78 is 13.7. The van der Waals surface area contributed by atoms with Gasteiger partial charge in [0.25, 0.3) is 11.8 Å². The molecule has 0 bridgehead atoms. The van der Waals surface area contributed by atoms with Gasteiger partial charge < -0.3 is 24.7 Å². The van der Waals surface area contributed by atoms with Gasteiger partial charge in [-0.2, -0.15) is 5.10 Å². The topological polar surface area (TPSA) is 118 Å². The summed E-state index contributed by atoms with van der Waals surface area (Å²) >= 11 is 0. The van der Waals surface area contributed by atoms with E-state index in [9.17, 15) is 14.4 Å². The van der Waals surface area contributed by atoms with Gasteiger partial charge in [-0.15, -0.1) is 0 Å². The van der Waals surface area contributed by atoms with Crippen LogP contribution in [-0.2, 0) is 4.79 Å². The molecule has 4 aromatic rings. The number of likely N-dealkylation sites (tertiary alicyclic amines) is 1. The molecule has 1 spiro atoms. The highest BCUT2D eigenvalue weighted by atomic mass is 16.5. The minimum Gasteiger partial charge on any atom is -0.460 e. The van der Waals surface area contributed by atoms with Gasteiger partial charge in [0, 0.05) is 43.9 Å². The Morgan fingerprint density at radius 1 is 1.22 bits per heavy atom. The number of aromatic nitrogens is 2. The molecule has 2 aliphatic heterocycles. The van der Waals surface area contributed by atoms with E-state index in [4.69, 9.17) is 9.15 Å². The molecule has 1 unspecified atom stereocenters. The number of benzene rings is 1. The summed E-state index contributed by atoms with van der Waals surface area (Å²) in [7, 11) is 1.58. The fourth-order valence-corrected chi connectivity index (χ4v) is 5.80. The second kappa shape index (κ2) is 8.36. The second-order valence-corrected chi connectivity index (χ2v) is 9.63. The van der Waals surface area contributed by atoms with Crippen molar-refractivity contribution in [3.63, 3.8) is 0 Å². The molecular weight excluding hydrogens is 474 g/mol. The number of carbonyl (C=O) groups is 3. The van der Waals surface area contributed by atoms with Gasteiger partial charge in [0.1, 0.15) is 28.1 Å². The van der Waals surface area contributed by atoms with E-state index in [-0.39, 0.29) is 17.7 Å². The normalized spacial score (nSPS) is 19.2. The van der Waals surface area contributed by atoms with Gasteiger partial charge in [-0.25, -0.2) is 4.52 Å². The van der Waals surface area contributed by atoms with Crippen molar-refractivity contribution in [3.8, 4) is 11.5 Å². The number of carbonyl (C=O) groups excluding carboxylic acids is 3. The van der Waals surface area contributed by atoms with E-state index in [2.05, 4.69) is 15.7 Å². The van der Waals surface area contributed by atoms with Gasteiger partial charge in [0.05, 0.1) is 17.3 Å². The lowest BCUT2D eigenvalue weighted by atomic mass is 9.93. The third-order valence-corrected chi connectivity index (χ3v) is 7.62. The van der Waals surface area contributed by atoms with Crippen LogP contribution in [0.25, 0.3) is 16.5 Å². The Morgan fingerprint density at radius 2 is 2.05 bits per heavy atom. The van der Waals surface area contributed by atoms with E-state index in [1.54, 1.807) is 60.0 Å². The lowest BCUT2D eigenvalue weighted by Crippen LogP contribution is -2.52. The molecule has 2 fully saturated rings. The zero-order valence-electron chi connectivity index (χ0n) is 20.9. The van der Waals surface area contributed by atoms with Crippen molar-refractivity contribution in [1.29, 1.82) is 0 Å². The molecule has 10 heteroatoms. The maximum atomic E-state index is 13.7. The summed E-state index contributed by atoms with van der Waals surface area (Å²) in [4.78, 5) is 40.3. The molecule has 0 aliphatic carbocycles. The minimum absolute atomic E-state index is 0.0648. The van der Waals surface area contributed by atoms with Crippen LogP contribution >= 0.6 is 0 Å². The first-order chi connectivity index (χ1) is 17.8. The summed E-state index contributed by atoms with van der Waals surface area (Å²) in [5.41, 5.74) is 2.17. The Morgan fingerprint density at radius 3 is 2.81 bits per heavy atom. The highest BCUT2D eigenvalue weighted by Crippen LogP contribution is 2.38. The smallest absolute Gasteiger partial charge is 0.256 e. The molecule has 1 atom stereocenters. The average Bonchev–Trinajstić information content (AvgIpc) is 3.64. The first kappa shape index (κ1) is 23.1. The molecule has 5 heterocycles. The first-order valence-electron chi connectivity index (χ1n) is 12.3. The zero-order chi connectivity index (χ0) is 25.9. The Labute approximate surface area is 212 Å². The number of fused-ring (bicyclic) bond motifs is 2. The van der Waals surface area contributed by atoms with Crippen molar-refractivity contribution in [2.45, 2.75) is 38.6 Å². The molecule has 2 saturated heterocycles. The van der Waals surface area contributed by atoms with Crippen molar-refractivity contribution in [2.75, 3.05) is 20.1 Å². The van der Waals surface area contributed by atoms with Crippen molar-refractivity contribution >= 4 is 34.2 Å². The molecule has 10 nitrogen and oxygen atoms in total. The van der Waals surface area contributed by atoms with Crippen molar-refractivity contribution in [2.24, 2.45) is 0 Å². The Bertz CT molecular complexity index is 1600. The largest absolute Gasteiger partial charge is 0.460 e. The molecule has 2 N–H and O–H groups in total. The molecule has 0 radical (unpaired) electrons. The first-order valence-corrected chi connectivity index (χ1v) is 12.3. The maximum absolute atomic E-state index is 13.7. The van der Waals surface area contributed by atoms with Gasteiger partial charge in [-0.05, 0) is 50.8 Å². The fourth-order valence-electron chi connectivity index (χ4n) is 5.80. The van der Waals surface area contributed by atoms with Crippen LogP contribution in [0.2, 0.25) is 0 Å². The van der Waals surface area contributed by atoms with Gasteiger partial charge in [-0.1, -0.05) is 0 Å². The molecule has 3 amide bonds. The van der Waals surface area contributed by atoms with Crippen LogP contribution in [0.5, 0.6) is 11.5 Å². The third kappa shape index (κ3) is 3.39. The van der Waals surface area contributed by atoms with Gasteiger partial charge >= 0.3 is 0 Å². The standard InChI is InChI=1S/C27H27N5O5/c1-15-19(25(34)31-12-4-8-27(31)9-11-29-26(27)35)14-32-23(15)20(7-10-30-32)37-17-5-6-18-21(13-17)36-16(2)22(18)24(33)28-3/h5-7,10,13-14H,4,8-9,11-12H2,1-3H3,(H,28,33)(H,29,35). The lowest BCUT2D eigenvalue weighted by molar-refractivity contribution is -0.127. The number of furan rings is 1. The quantitative estimate of drug-likeness (QED) is 0.443. The summed E-state index contributed by atoms with van der Waals surface area (Å²) in [6, 6.07) is 7.05. The zero-order valence-corrected chi connectivity index (χ0v) is 20.9. The van der Waals surface area contributed by atoms with Crippen LogP contribution in [0.15, 0.2) is 41.1 Å². The molecule has 2 aliphatic rings. The predicted octanol–water partition coefficient (Wildman–Crippen LogP) is 3.34. The number of hydrogen-bond donors (Lipinski definition) is 2. The van der Waals surface area contributed by atoms with E-state index in [0.29, 0.717) is 70.8 Å². The van der Waals surface area contributed by atoms with Crippen molar-refractivity contribution in [3.05, 3.63) is 59.1 Å². The van der Waals surface area contributed by atoms with E-state index in [0.717, 1.165) is 12.0 Å². The summed E-state index contributed by atoms with van der Waals surface area (Å²) in [6.45, 7) is 4.75. The molecule has 37 heavy (non-hydrogen) atoms. The van der Waals surface area contributed by atoms with E-state index in [1.807, 2.05) is 6.92 Å². The van der Waals surface area contributed by atoms with Crippen LogP contribution in [-0.4, -0.2) is 57.9 Å². The number of aryl methyl sites for hydroxylation is 2. The Hall–Kier alpha value is -4.34. The Balaban J connectivity index is 1.36. The molecule has 6 rings (SSSR count). The van der Waals surface area contributed by atoms with Gasteiger partial charge in [-0.3, -0.25) is 14.4 Å². The third-order valence-electron chi connectivity index (χ3n) is 7.62. The number of nitrogens with one attached hydrogen (secondary N) is 2. The van der Waals surface area contributed by atoms with Crippen LogP contribution in [0.4, 0.5) is 0 Å². The molecular formula is C27H27N5O5. The number of nitrogens with zero attached hydrogens (tertiary/aromatic N) is 3. The van der Waals surface area contributed by atoms with Gasteiger partial charge in [0.2, 0.25) is 5.91 Å².